The number of rotatable bonds is 6. The van der Waals surface area contributed by atoms with Crippen LogP contribution in [0.25, 0.3) is 22.8 Å². The van der Waals surface area contributed by atoms with Gasteiger partial charge in [0, 0.05) is 29.6 Å². The van der Waals surface area contributed by atoms with Crippen molar-refractivity contribution in [3.8, 4) is 22.8 Å². The first-order valence-corrected chi connectivity index (χ1v) is 10.5. The van der Waals surface area contributed by atoms with Crippen LogP contribution in [0.5, 0.6) is 0 Å². The molecule has 7 nitrogen and oxygen atoms in total. The number of hydrogen-bond acceptors (Lipinski definition) is 7. The Kier molecular flexibility index (Phi) is 4.63. The van der Waals surface area contributed by atoms with Gasteiger partial charge in [0.15, 0.2) is 16.8 Å². The van der Waals surface area contributed by atoms with Crippen molar-refractivity contribution in [1.29, 1.82) is 0 Å². The molecule has 1 aliphatic rings. The van der Waals surface area contributed by atoms with E-state index in [9.17, 15) is 0 Å². The van der Waals surface area contributed by atoms with Crippen molar-refractivity contribution in [3.63, 3.8) is 0 Å². The molecule has 0 spiro atoms. The highest BCUT2D eigenvalue weighted by atomic mass is 32.2. The standard InChI is InChI=1S/C21H20N6OS/c1-13-4-3-5-16(12-13)20-23-18(26-28-20)14(2)29-21-25-24-19(27(21)17-6-7-17)15-8-10-22-11-9-15/h3-5,8-12,14,17H,6-7H2,1-2H3. The van der Waals surface area contributed by atoms with Crippen LogP contribution in [0.15, 0.2) is 58.5 Å². The molecule has 1 aliphatic carbocycles. The lowest BCUT2D eigenvalue weighted by Crippen LogP contribution is -2.01. The minimum absolute atomic E-state index is 0.00991. The second-order valence-corrected chi connectivity index (χ2v) is 8.54. The Bertz CT molecular complexity index is 1140. The highest BCUT2D eigenvalue weighted by molar-refractivity contribution is 7.99. The van der Waals surface area contributed by atoms with E-state index in [1.54, 1.807) is 24.2 Å². The van der Waals surface area contributed by atoms with Crippen LogP contribution in [0.2, 0.25) is 0 Å². The van der Waals surface area contributed by atoms with E-state index in [0.29, 0.717) is 17.8 Å². The highest BCUT2D eigenvalue weighted by Crippen LogP contribution is 2.43. The third-order valence-corrected chi connectivity index (χ3v) is 5.92. The quantitative estimate of drug-likeness (QED) is 0.423. The van der Waals surface area contributed by atoms with Crippen molar-refractivity contribution in [2.45, 2.75) is 43.1 Å². The fourth-order valence-electron chi connectivity index (χ4n) is 3.22. The first-order valence-electron chi connectivity index (χ1n) is 9.61. The van der Waals surface area contributed by atoms with E-state index in [0.717, 1.165) is 40.5 Å². The van der Waals surface area contributed by atoms with Crippen LogP contribution >= 0.6 is 11.8 Å². The molecule has 1 atom stereocenters. The molecule has 1 fully saturated rings. The number of thioether (sulfide) groups is 1. The summed E-state index contributed by atoms with van der Waals surface area (Å²) in [6.07, 6.45) is 5.86. The van der Waals surface area contributed by atoms with Crippen molar-refractivity contribution in [3.05, 3.63) is 60.2 Å². The number of aromatic nitrogens is 6. The minimum Gasteiger partial charge on any atom is -0.334 e. The Balaban J connectivity index is 1.40. The van der Waals surface area contributed by atoms with Crippen molar-refractivity contribution in [2.75, 3.05) is 0 Å². The Hall–Kier alpha value is -3.00. The van der Waals surface area contributed by atoms with Gasteiger partial charge in [0.1, 0.15) is 0 Å². The van der Waals surface area contributed by atoms with Crippen molar-refractivity contribution < 1.29 is 4.52 Å². The van der Waals surface area contributed by atoms with Gasteiger partial charge in [-0.25, -0.2) is 0 Å². The fraction of sp³-hybridized carbons (Fsp3) is 0.286. The maximum absolute atomic E-state index is 5.50. The summed E-state index contributed by atoms with van der Waals surface area (Å²) in [5.74, 6) is 2.08. The summed E-state index contributed by atoms with van der Waals surface area (Å²) in [6.45, 7) is 4.11. The van der Waals surface area contributed by atoms with E-state index < -0.39 is 0 Å². The number of nitrogens with zero attached hydrogens (tertiary/aromatic N) is 6. The SMILES string of the molecule is Cc1cccc(-c2nc(C(C)Sc3nnc(-c4ccncc4)n3C3CC3)no2)c1. The van der Waals surface area contributed by atoms with Crippen molar-refractivity contribution in [2.24, 2.45) is 0 Å². The third-order valence-electron chi connectivity index (χ3n) is 4.87. The van der Waals surface area contributed by atoms with Gasteiger partial charge < -0.3 is 4.52 Å². The topological polar surface area (TPSA) is 82.5 Å². The summed E-state index contributed by atoms with van der Waals surface area (Å²) in [5, 5.41) is 14.0. The molecule has 3 heterocycles. The van der Waals surface area contributed by atoms with Crippen LogP contribution in [0.4, 0.5) is 0 Å². The summed E-state index contributed by atoms with van der Waals surface area (Å²) in [5.41, 5.74) is 3.12. The molecule has 0 N–H and O–H groups in total. The molecule has 1 unspecified atom stereocenters. The van der Waals surface area contributed by atoms with Gasteiger partial charge in [0.2, 0.25) is 0 Å². The third kappa shape index (κ3) is 3.67. The maximum atomic E-state index is 5.50. The zero-order valence-electron chi connectivity index (χ0n) is 16.2. The molecule has 0 saturated heterocycles. The Morgan fingerprint density at radius 1 is 1.10 bits per heavy atom. The molecule has 4 aromatic rings. The summed E-state index contributed by atoms with van der Waals surface area (Å²) < 4.78 is 7.74. The first kappa shape index (κ1) is 18.1. The average Bonchev–Trinajstić information content (AvgIpc) is 3.29. The van der Waals surface area contributed by atoms with E-state index in [2.05, 4.69) is 36.8 Å². The van der Waals surface area contributed by atoms with Gasteiger partial charge in [-0.15, -0.1) is 10.2 Å². The van der Waals surface area contributed by atoms with Crippen LogP contribution in [0, 0.1) is 6.92 Å². The molecule has 3 aromatic heterocycles. The molecule has 1 aromatic carbocycles. The summed E-state index contributed by atoms with van der Waals surface area (Å²) >= 11 is 1.61. The highest BCUT2D eigenvalue weighted by Gasteiger charge is 2.31. The van der Waals surface area contributed by atoms with Crippen molar-refractivity contribution >= 4 is 11.8 Å². The van der Waals surface area contributed by atoms with E-state index >= 15 is 0 Å². The second-order valence-electron chi connectivity index (χ2n) is 7.23. The van der Waals surface area contributed by atoms with Gasteiger partial charge >= 0.3 is 0 Å². The Morgan fingerprint density at radius 3 is 2.69 bits per heavy atom. The van der Waals surface area contributed by atoms with Crippen LogP contribution in [-0.2, 0) is 0 Å². The summed E-state index contributed by atoms with van der Waals surface area (Å²) in [4.78, 5) is 8.71. The number of hydrogen-bond donors (Lipinski definition) is 0. The molecular formula is C21H20N6OS. The lowest BCUT2D eigenvalue weighted by Gasteiger charge is -2.10. The lowest BCUT2D eigenvalue weighted by atomic mass is 10.1. The summed E-state index contributed by atoms with van der Waals surface area (Å²) in [7, 11) is 0. The number of benzene rings is 1. The maximum Gasteiger partial charge on any atom is 0.257 e. The molecule has 5 rings (SSSR count). The lowest BCUT2D eigenvalue weighted by molar-refractivity contribution is 0.423. The summed E-state index contributed by atoms with van der Waals surface area (Å²) in [6, 6.07) is 12.4. The molecule has 1 saturated carbocycles. The average molecular weight is 404 g/mol. The monoisotopic (exact) mass is 404 g/mol. The number of aryl methyl sites for hydroxylation is 1. The normalized spacial score (nSPS) is 14.8. The van der Waals surface area contributed by atoms with Gasteiger partial charge in [-0.2, -0.15) is 4.98 Å². The van der Waals surface area contributed by atoms with E-state index in [1.165, 1.54) is 0 Å². The van der Waals surface area contributed by atoms with E-state index in [-0.39, 0.29) is 5.25 Å². The minimum atomic E-state index is -0.00991. The van der Waals surface area contributed by atoms with Gasteiger partial charge in [0.25, 0.3) is 5.89 Å². The first-order chi connectivity index (χ1) is 14.2. The molecule has 0 radical (unpaired) electrons. The van der Waals surface area contributed by atoms with Crippen LogP contribution in [-0.4, -0.2) is 29.9 Å². The molecule has 8 heteroatoms. The fourth-order valence-corrected chi connectivity index (χ4v) is 4.18. The second kappa shape index (κ2) is 7.44. The van der Waals surface area contributed by atoms with Crippen LogP contribution in [0.3, 0.4) is 0 Å². The van der Waals surface area contributed by atoms with Gasteiger partial charge in [-0.1, -0.05) is 34.6 Å². The van der Waals surface area contributed by atoms with Crippen LogP contribution in [0.1, 0.15) is 42.4 Å². The molecule has 146 valence electrons. The zero-order valence-corrected chi connectivity index (χ0v) is 17.0. The van der Waals surface area contributed by atoms with Gasteiger partial charge in [-0.3, -0.25) is 9.55 Å². The number of pyridine rings is 1. The molecule has 0 bridgehead atoms. The van der Waals surface area contributed by atoms with Crippen LogP contribution < -0.4 is 0 Å². The predicted octanol–water partition coefficient (Wildman–Crippen LogP) is 4.89. The van der Waals surface area contributed by atoms with Gasteiger partial charge in [-0.05, 0) is 51.0 Å². The predicted molar refractivity (Wildman–Crippen MR) is 110 cm³/mol. The smallest absolute Gasteiger partial charge is 0.257 e. The largest absolute Gasteiger partial charge is 0.334 e. The molecular weight excluding hydrogens is 384 g/mol. The molecule has 29 heavy (non-hydrogen) atoms. The Labute approximate surface area is 172 Å². The van der Waals surface area contributed by atoms with E-state index in [4.69, 9.17) is 4.52 Å². The Morgan fingerprint density at radius 2 is 1.93 bits per heavy atom. The van der Waals surface area contributed by atoms with Gasteiger partial charge in [0.05, 0.1) is 5.25 Å². The molecule has 0 amide bonds. The molecule has 0 aliphatic heterocycles. The van der Waals surface area contributed by atoms with Crippen molar-refractivity contribution in [1.82, 2.24) is 29.9 Å². The van der Waals surface area contributed by atoms with E-state index in [1.807, 2.05) is 43.3 Å². The zero-order chi connectivity index (χ0) is 19.8.